The predicted octanol–water partition coefficient (Wildman–Crippen LogP) is 1.41. The highest BCUT2D eigenvalue weighted by Gasteiger charge is 2.44. The van der Waals surface area contributed by atoms with E-state index in [9.17, 15) is 14.7 Å². The molecule has 2 fully saturated rings. The van der Waals surface area contributed by atoms with Gasteiger partial charge in [-0.25, -0.2) is 4.79 Å². The molecule has 0 aromatic carbocycles. The first kappa shape index (κ1) is 13.3. The Kier molecular flexibility index (Phi) is 3.90. The smallest absolute Gasteiger partial charge is 0.329 e. The summed E-state index contributed by atoms with van der Waals surface area (Å²) in [6.07, 6.45) is 4.50. The zero-order valence-electron chi connectivity index (χ0n) is 10.9. The van der Waals surface area contributed by atoms with Crippen LogP contribution >= 0.6 is 0 Å². The van der Waals surface area contributed by atoms with Crippen LogP contribution in [0.25, 0.3) is 0 Å². The molecular formula is C13H21NO4. The van der Waals surface area contributed by atoms with E-state index >= 15 is 0 Å². The SMILES string of the molecule is CC1(C(=O)O)CCCCN1C(=O)CC1CCCO1. The summed E-state index contributed by atoms with van der Waals surface area (Å²) in [7, 11) is 0. The fraction of sp³-hybridized carbons (Fsp3) is 0.846. The van der Waals surface area contributed by atoms with E-state index < -0.39 is 11.5 Å². The van der Waals surface area contributed by atoms with E-state index in [1.54, 1.807) is 11.8 Å². The van der Waals surface area contributed by atoms with E-state index in [1.807, 2.05) is 0 Å². The Morgan fingerprint density at radius 2 is 2.17 bits per heavy atom. The molecule has 0 aliphatic carbocycles. The number of ether oxygens (including phenoxy) is 1. The van der Waals surface area contributed by atoms with Gasteiger partial charge in [0.2, 0.25) is 5.91 Å². The number of amides is 1. The van der Waals surface area contributed by atoms with Crippen LogP contribution in [0.3, 0.4) is 0 Å². The Bertz CT molecular complexity index is 338. The van der Waals surface area contributed by atoms with E-state index in [0.717, 1.165) is 25.7 Å². The molecule has 2 atom stereocenters. The minimum atomic E-state index is -1.03. The first-order valence-corrected chi connectivity index (χ1v) is 6.69. The number of carbonyl (C=O) groups is 2. The molecule has 2 unspecified atom stereocenters. The van der Waals surface area contributed by atoms with Gasteiger partial charge in [-0.15, -0.1) is 0 Å². The maximum atomic E-state index is 12.3. The van der Waals surface area contributed by atoms with Gasteiger partial charge in [0.1, 0.15) is 5.54 Å². The second-order valence-corrected chi connectivity index (χ2v) is 5.42. The first-order chi connectivity index (χ1) is 8.54. The number of carboxylic acids is 1. The predicted molar refractivity (Wildman–Crippen MR) is 65.2 cm³/mol. The Labute approximate surface area is 107 Å². The molecule has 0 spiro atoms. The van der Waals surface area contributed by atoms with E-state index in [-0.39, 0.29) is 12.0 Å². The quantitative estimate of drug-likeness (QED) is 0.828. The molecule has 102 valence electrons. The Morgan fingerprint density at radius 1 is 1.39 bits per heavy atom. The Morgan fingerprint density at radius 3 is 2.78 bits per heavy atom. The van der Waals surface area contributed by atoms with Gasteiger partial charge in [0, 0.05) is 13.2 Å². The summed E-state index contributed by atoms with van der Waals surface area (Å²) in [4.78, 5) is 25.2. The monoisotopic (exact) mass is 255 g/mol. The minimum absolute atomic E-state index is 0.0162. The van der Waals surface area contributed by atoms with E-state index in [4.69, 9.17) is 4.74 Å². The van der Waals surface area contributed by atoms with Crippen molar-refractivity contribution in [3.05, 3.63) is 0 Å². The first-order valence-electron chi connectivity index (χ1n) is 6.69. The number of hydrogen-bond donors (Lipinski definition) is 1. The van der Waals surface area contributed by atoms with Crippen LogP contribution in [0.1, 0.15) is 45.4 Å². The molecule has 18 heavy (non-hydrogen) atoms. The third kappa shape index (κ3) is 2.51. The molecule has 2 aliphatic rings. The molecule has 1 amide bonds. The summed E-state index contributed by atoms with van der Waals surface area (Å²) in [5.74, 6) is -0.977. The van der Waals surface area contributed by atoms with Crippen molar-refractivity contribution in [3.8, 4) is 0 Å². The fourth-order valence-corrected chi connectivity index (χ4v) is 2.85. The molecular weight excluding hydrogens is 234 g/mol. The van der Waals surface area contributed by atoms with E-state index in [0.29, 0.717) is 26.0 Å². The topological polar surface area (TPSA) is 66.8 Å². The Balaban J connectivity index is 2.03. The van der Waals surface area contributed by atoms with Crippen molar-refractivity contribution in [3.63, 3.8) is 0 Å². The van der Waals surface area contributed by atoms with Crippen LogP contribution in [-0.4, -0.2) is 46.7 Å². The lowest BCUT2D eigenvalue weighted by Crippen LogP contribution is -2.57. The number of carboxylic acid groups (broad SMARTS) is 1. The van der Waals surface area contributed by atoms with Crippen molar-refractivity contribution < 1.29 is 19.4 Å². The molecule has 2 aliphatic heterocycles. The van der Waals surface area contributed by atoms with Crippen LogP contribution in [0.15, 0.2) is 0 Å². The maximum Gasteiger partial charge on any atom is 0.329 e. The number of carbonyl (C=O) groups excluding carboxylic acids is 1. The number of rotatable bonds is 3. The van der Waals surface area contributed by atoms with Crippen LogP contribution in [-0.2, 0) is 14.3 Å². The van der Waals surface area contributed by atoms with Gasteiger partial charge in [-0.2, -0.15) is 0 Å². The number of aliphatic carboxylic acids is 1. The summed E-state index contributed by atoms with van der Waals surface area (Å²) in [5.41, 5.74) is -1.03. The number of hydrogen-bond acceptors (Lipinski definition) is 3. The lowest BCUT2D eigenvalue weighted by Gasteiger charge is -2.42. The zero-order valence-corrected chi connectivity index (χ0v) is 10.9. The highest BCUT2D eigenvalue weighted by molar-refractivity contribution is 5.87. The lowest BCUT2D eigenvalue weighted by molar-refractivity contribution is -0.161. The molecule has 0 radical (unpaired) electrons. The van der Waals surface area contributed by atoms with Crippen LogP contribution in [0, 0.1) is 0 Å². The van der Waals surface area contributed by atoms with Crippen molar-refractivity contribution in [2.45, 2.75) is 57.1 Å². The molecule has 1 N–H and O–H groups in total. The molecule has 5 heteroatoms. The van der Waals surface area contributed by atoms with Gasteiger partial charge in [0.25, 0.3) is 0 Å². The summed E-state index contributed by atoms with van der Waals surface area (Å²) < 4.78 is 5.45. The van der Waals surface area contributed by atoms with E-state index in [1.165, 1.54) is 0 Å². The molecule has 5 nitrogen and oxygen atoms in total. The molecule has 2 saturated heterocycles. The van der Waals surface area contributed by atoms with Gasteiger partial charge < -0.3 is 14.7 Å². The highest BCUT2D eigenvalue weighted by atomic mass is 16.5. The van der Waals surface area contributed by atoms with Gasteiger partial charge in [-0.3, -0.25) is 4.79 Å². The third-order valence-corrected chi connectivity index (χ3v) is 4.08. The van der Waals surface area contributed by atoms with Crippen molar-refractivity contribution >= 4 is 11.9 Å². The number of likely N-dealkylation sites (tertiary alicyclic amines) is 1. The number of piperidine rings is 1. The summed E-state index contributed by atoms with van der Waals surface area (Å²) in [5, 5.41) is 9.35. The Hall–Kier alpha value is -1.10. The second kappa shape index (κ2) is 5.26. The highest BCUT2D eigenvalue weighted by Crippen LogP contribution is 2.30. The van der Waals surface area contributed by atoms with Crippen LogP contribution in [0.4, 0.5) is 0 Å². The van der Waals surface area contributed by atoms with Gasteiger partial charge in [-0.05, 0) is 39.0 Å². The summed E-state index contributed by atoms with van der Waals surface area (Å²) in [6, 6.07) is 0. The number of nitrogens with zero attached hydrogens (tertiary/aromatic N) is 1. The molecule has 2 heterocycles. The maximum absolute atomic E-state index is 12.3. The van der Waals surface area contributed by atoms with Crippen molar-refractivity contribution in [1.29, 1.82) is 0 Å². The van der Waals surface area contributed by atoms with Crippen LogP contribution in [0.5, 0.6) is 0 Å². The van der Waals surface area contributed by atoms with Gasteiger partial charge in [-0.1, -0.05) is 0 Å². The largest absolute Gasteiger partial charge is 0.480 e. The fourth-order valence-electron chi connectivity index (χ4n) is 2.85. The van der Waals surface area contributed by atoms with E-state index in [2.05, 4.69) is 0 Å². The van der Waals surface area contributed by atoms with Gasteiger partial charge in [0.05, 0.1) is 12.5 Å². The minimum Gasteiger partial charge on any atom is -0.480 e. The second-order valence-electron chi connectivity index (χ2n) is 5.42. The van der Waals surface area contributed by atoms with Gasteiger partial charge >= 0.3 is 5.97 Å². The summed E-state index contributed by atoms with van der Waals surface area (Å²) >= 11 is 0. The molecule has 0 saturated carbocycles. The molecule has 2 rings (SSSR count). The average Bonchev–Trinajstić information content (AvgIpc) is 2.82. The lowest BCUT2D eigenvalue weighted by atomic mass is 9.88. The normalized spacial score (nSPS) is 32.5. The van der Waals surface area contributed by atoms with Crippen molar-refractivity contribution in [1.82, 2.24) is 4.90 Å². The van der Waals surface area contributed by atoms with Gasteiger partial charge in [0.15, 0.2) is 0 Å². The third-order valence-electron chi connectivity index (χ3n) is 4.08. The standard InChI is InChI=1S/C13H21NO4/c1-13(12(16)17)6-2-3-7-14(13)11(15)9-10-5-4-8-18-10/h10H,2-9H2,1H3,(H,16,17). The van der Waals surface area contributed by atoms with Crippen LogP contribution < -0.4 is 0 Å². The summed E-state index contributed by atoms with van der Waals surface area (Å²) in [6.45, 7) is 2.92. The zero-order chi connectivity index (χ0) is 13.2. The average molecular weight is 255 g/mol. The molecule has 0 bridgehead atoms. The van der Waals surface area contributed by atoms with Crippen LogP contribution in [0.2, 0.25) is 0 Å². The molecule has 0 aromatic rings. The van der Waals surface area contributed by atoms with Crippen molar-refractivity contribution in [2.75, 3.05) is 13.2 Å². The molecule has 0 aromatic heterocycles. The van der Waals surface area contributed by atoms with Crippen molar-refractivity contribution in [2.24, 2.45) is 0 Å².